The molecule has 25 heavy (non-hydrogen) atoms. The predicted octanol–water partition coefficient (Wildman–Crippen LogP) is 2.63. The Kier molecular flexibility index (Phi) is 5.37. The number of hydrogen-bond acceptors (Lipinski definition) is 4. The molecular formula is C19H26FN3O2. The van der Waals surface area contributed by atoms with Crippen LogP contribution < -0.4 is 10.6 Å². The molecule has 2 aliphatic heterocycles. The van der Waals surface area contributed by atoms with Crippen LogP contribution in [0.1, 0.15) is 51.0 Å². The van der Waals surface area contributed by atoms with Gasteiger partial charge >= 0.3 is 0 Å². The Hall–Kier alpha value is -1.95. The first kappa shape index (κ1) is 17.9. The summed E-state index contributed by atoms with van der Waals surface area (Å²) in [7, 11) is 0. The zero-order valence-electron chi connectivity index (χ0n) is 14.8. The van der Waals surface area contributed by atoms with E-state index in [1.54, 1.807) is 6.07 Å². The zero-order valence-corrected chi connectivity index (χ0v) is 14.8. The van der Waals surface area contributed by atoms with Crippen LogP contribution in [0.5, 0.6) is 0 Å². The number of carbonyl (C=O) groups excluding carboxylic acids is 2. The Morgan fingerprint density at radius 1 is 1.20 bits per heavy atom. The van der Waals surface area contributed by atoms with Crippen LogP contribution in [0.15, 0.2) is 18.2 Å². The maximum atomic E-state index is 15.0. The zero-order chi connectivity index (χ0) is 18.0. The molecular weight excluding hydrogens is 321 g/mol. The molecule has 0 aromatic heterocycles. The Bertz CT molecular complexity index is 654. The van der Waals surface area contributed by atoms with Crippen molar-refractivity contribution in [2.45, 2.75) is 57.5 Å². The number of carbonyl (C=O) groups is 2. The van der Waals surface area contributed by atoms with Gasteiger partial charge in [-0.3, -0.25) is 14.9 Å². The van der Waals surface area contributed by atoms with Crippen LogP contribution in [0.25, 0.3) is 0 Å². The molecule has 0 saturated carbocycles. The van der Waals surface area contributed by atoms with E-state index in [-0.39, 0.29) is 30.0 Å². The summed E-state index contributed by atoms with van der Waals surface area (Å²) in [6.45, 7) is 6.33. The molecule has 2 heterocycles. The van der Waals surface area contributed by atoms with Crippen molar-refractivity contribution in [2.75, 3.05) is 18.4 Å². The minimum Gasteiger partial charge on any atom is -0.371 e. The average molecular weight is 347 g/mol. The van der Waals surface area contributed by atoms with Crippen LogP contribution in [0.4, 0.5) is 10.1 Å². The quantitative estimate of drug-likeness (QED) is 0.822. The number of hydrogen-bond donors (Lipinski definition) is 2. The van der Waals surface area contributed by atoms with Gasteiger partial charge in [0.05, 0.1) is 5.69 Å². The normalized spacial score (nSPS) is 23.0. The second-order valence-corrected chi connectivity index (χ2v) is 7.26. The second-order valence-electron chi connectivity index (χ2n) is 7.26. The lowest BCUT2D eigenvalue weighted by atomic mass is 9.88. The summed E-state index contributed by atoms with van der Waals surface area (Å²) in [5.41, 5.74) is 1.07. The van der Waals surface area contributed by atoms with Crippen LogP contribution in [-0.2, 0) is 9.59 Å². The third-order valence-corrected chi connectivity index (χ3v) is 5.30. The molecule has 2 fully saturated rings. The monoisotopic (exact) mass is 347 g/mol. The summed E-state index contributed by atoms with van der Waals surface area (Å²) in [5.74, 6) is -0.714. The molecule has 1 atom stereocenters. The number of likely N-dealkylation sites (tertiary alicyclic amines) is 1. The smallest absolute Gasteiger partial charge is 0.249 e. The van der Waals surface area contributed by atoms with Gasteiger partial charge in [0.2, 0.25) is 11.8 Å². The summed E-state index contributed by atoms with van der Waals surface area (Å²) in [6.07, 6.45) is 2.55. The molecule has 0 radical (unpaired) electrons. The van der Waals surface area contributed by atoms with Crippen LogP contribution >= 0.6 is 0 Å². The molecule has 1 unspecified atom stereocenters. The maximum Gasteiger partial charge on any atom is 0.249 e. The fourth-order valence-corrected chi connectivity index (χ4v) is 3.72. The van der Waals surface area contributed by atoms with Crippen molar-refractivity contribution in [1.29, 1.82) is 0 Å². The summed E-state index contributed by atoms with van der Waals surface area (Å²) >= 11 is 0. The molecule has 1 aromatic carbocycles. The fraction of sp³-hybridized carbons (Fsp3) is 0.579. The van der Waals surface area contributed by atoms with Crippen LogP contribution in [0, 0.1) is 5.82 Å². The Balaban J connectivity index is 1.70. The van der Waals surface area contributed by atoms with E-state index in [0.29, 0.717) is 18.2 Å². The van der Waals surface area contributed by atoms with Crippen molar-refractivity contribution in [2.24, 2.45) is 0 Å². The number of anilines is 1. The van der Waals surface area contributed by atoms with Gasteiger partial charge in [0.1, 0.15) is 11.9 Å². The van der Waals surface area contributed by atoms with Gasteiger partial charge in [-0.25, -0.2) is 4.39 Å². The first-order valence-electron chi connectivity index (χ1n) is 9.08. The topological polar surface area (TPSA) is 61.4 Å². The number of imide groups is 1. The molecule has 2 amide bonds. The van der Waals surface area contributed by atoms with Gasteiger partial charge in [0.15, 0.2) is 0 Å². The van der Waals surface area contributed by atoms with Gasteiger partial charge in [-0.1, -0.05) is 12.1 Å². The fourth-order valence-electron chi connectivity index (χ4n) is 3.72. The summed E-state index contributed by atoms with van der Waals surface area (Å²) in [6, 6.07) is 5.30. The van der Waals surface area contributed by atoms with Gasteiger partial charge in [-0.05, 0) is 63.7 Å². The van der Waals surface area contributed by atoms with Crippen molar-refractivity contribution in [3.05, 3.63) is 29.6 Å². The Morgan fingerprint density at radius 2 is 1.92 bits per heavy atom. The van der Waals surface area contributed by atoms with Crippen LogP contribution in [0.3, 0.4) is 0 Å². The first-order chi connectivity index (χ1) is 12.0. The van der Waals surface area contributed by atoms with E-state index in [4.69, 9.17) is 0 Å². The molecule has 2 N–H and O–H groups in total. The molecule has 136 valence electrons. The number of amides is 2. The van der Waals surface area contributed by atoms with Gasteiger partial charge in [-0.15, -0.1) is 0 Å². The lowest BCUT2D eigenvalue weighted by Crippen LogP contribution is -2.47. The number of benzene rings is 1. The predicted molar refractivity (Wildman–Crippen MR) is 94.9 cm³/mol. The number of halogens is 1. The highest BCUT2D eigenvalue weighted by Gasteiger charge is 2.29. The standard InChI is InChI=1S/C19H26FN3O2/c1-12(2)23-10-8-13(9-11-23)14-4-3-5-15(18(14)20)21-16-6-7-17(24)22-19(16)25/h3-5,12-13,16,21H,6-11H2,1-2H3,(H,22,24,25). The number of nitrogens with one attached hydrogen (secondary N) is 2. The molecule has 6 heteroatoms. The Labute approximate surface area is 148 Å². The lowest BCUT2D eigenvalue weighted by molar-refractivity contribution is -0.133. The molecule has 0 bridgehead atoms. The van der Waals surface area contributed by atoms with Crippen LogP contribution in [0.2, 0.25) is 0 Å². The maximum absolute atomic E-state index is 15.0. The molecule has 0 aliphatic carbocycles. The molecule has 0 spiro atoms. The molecule has 1 aromatic rings. The van der Waals surface area contributed by atoms with Crippen molar-refractivity contribution in [3.63, 3.8) is 0 Å². The lowest BCUT2D eigenvalue weighted by Gasteiger charge is -2.35. The summed E-state index contributed by atoms with van der Waals surface area (Å²) in [5, 5.41) is 5.27. The van der Waals surface area contributed by atoms with Gasteiger partial charge in [0.25, 0.3) is 0 Å². The third-order valence-electron chi connectivity index (χ3n) is 5.30. The number of rotatable bonds is 4. The number of piperidine rings is 2. The second kappa shape index (κ2) is 7.52. The van der Waals surface area contributed by atoms with Gasteiger partial charge < -0.3 is 10.2 Å². The van der Waals surface area contributed by atoms with E-state index < -0.39 is 6.04 Å². The molecule has 2 saturated heterocycles. The van der Waals surface area contributed by atoms with E-state index in [2.05, 4.69) is 29.4 Å². The first-order valence-corrected chi connectivity index (χ1v) is 9.08. The van der Waals surface area contributed by atoms with E-state index in [0.717, 1.165) is 31.5 Å². The Morgan fingerprint density at radius 3 is 2.56 bits per heavy atom. The molecule has 3 rings (SSSR count). The van der Waals surface area contributed by atoms with Crippen molar-refractivity contribution >= 4 is 17.5 Å². The number of nitrogens with zero attached hydrogens (tertiary/aromatic N) is 1. The largest absolute Gasteiger partial charge is 0.371 e. The molecule has 2 aliphatic rings. The molecule has 5 nitrogen and oxygen atoms in total. The summed E-state index contributed by atoms with van der Waals surface area (Å²) < 4.78 is 15.0. The van der Waals surface area contributed by atoms with Gasteiger partial charge in [-0.2, -0.15) is 0 Å². The van der Waals surface area contributed by atoms with E-state index in [9.17, 15) is 14.0 Å². The minimum atomic E-state index is -0.565. The van der Waals surface area contributed by atoms with Crippen LogP contribution in [-0.4, -0.2) is 41.9 Å². The highest BCUT2D eigenvalue weighted by Crippen LogP contribution is 2.33. The van der Waals surface area contributed by atoms with Crippen molar-refractivity contribution in [3.8, 4) is 0 Å². The van der Waals surface area contributed by atoms with E-state index in [1.165, 1.54) is 0 Å². The summed E-state index contributed by atoms with van der Waals surface area (Å²) in [4.78, 5) is 25.5. The van der Waals surface area contributed by atoms with E-state index >= 15 is 0 Å². The van der Waals surface area contributed by atoms with Crippen molar-refractivity contribution < 1.29 is 14.0 Å². The minimum absolute atomic E-state index is 0.207. The highest BCUT2D eigenvalue weighted by atomic mass is 19.1. The van der Waals surface area contributed by atoms with E-state index in [1.807, 2.05) is 12.1 Å². The third kappa shape index (κ3) is 4.00. The van der Waals surface area contributed by atoms with Gasteiger partial charge in [0, 0.05) is 12.5 Å². The van der Waals surface area contributed by atoms with Crippen molar-refractivity contribution in [1.82, 2.24) is 10.2 Å². The highest BCUT2D eigenvalue weighted by molar-refractivity contribution is 6.01. The average Bonchev–Trinajstić information content (AvgIpc) is 2.59. The SMILES string of the molecule is CC(C)N1CCC(c2cccc(NC3CCC(=O)NC3=O)c2F)CC1.